The van der Waals surface area contributed by atoms with Gasteiger partial charge >= 0.3 is 0 Å². The predicted octanol–water partition coefficient (Wildman–Crippen LogP) is 3.76. The Morgan fingerprint density at radius 3 is 2.77 bits per heavy atom. The second-order valence-electron chi connectivity index (χ2n) is 7.54. The van der Waals surface area contributed by atoms with Gasteiger partial charge in [-0.15, -0.1) is 22.7 Å². The van der Waals surface area contributed by atoms with E-state index in [0.29, 0.717) is 18.9 Å². The van der Waals surface area contributed by atoms with E-state index in [-0.39, 0.29) is 5.54 Å². The monoisotopic (exact) mass is 390 g/mol. The Morgan fingerprint density at radius 2 is 2.04 bits per heavy atom. The Labute approximate surface area is 163 Å². The van der Waals surface area contributed by atoms with E-state index in [1.165, 1.54) is 4.88 Å². The number of nitrogens with zero attached hydrogens (tertiary/aromatic N) is 4. The van der Waals surface area contributed by atoms with E-state index in [1.54, 1.807) is 22.7 Å². The molecule has 1 spiro atoms. The highest BCUT2D eigenvalue weighted by Crippen LogP contribution is 2.40. The van der Waals surface area contributed by atoms with Crippen molar-refractivity contribution in [1.82, 2.24) is 19.8 Å². The van der Waals surface area contributed by atoms with E-state index in [4.69, 9.17) is 0 Å². The number of thiazole rings is 2. The summed E-state index contributed by atoms with van der Waals surface area (Å²) in [5.74, 6) is 0.308. The van der Waals surface area contributed by atoms with Crippen molar-refractivity contribution in [3.8, 4) is 0 Å². The predicted molar refractivity (Wildman–Crippen MR) is 105 cm³/mol. The maximum atomic E-state index is 12.6. The number of hydrogen-bond donors (Lipinski definition) is 0. The third-order valence-electron chi connectivity index (χ3n) is 5.72. The van der Waals surface area contributed by atoms with Gasteiger partial charge in [0.15, 0.2) is 0 Å². The van der Waals surface area contributed by atoms with Gasteiger partial charge in [0, 0.05) is 41.5 Å². The van der Waals surface area contributed by atoms with Crippen LogP contribution in [-0.2, 0) is 17.9 Å². The summed E-state index contributed by atoms with van der Waals surface area (Å²) in [5, 5.41) is 4.31. The lowest BCUT2D eigenvalue weighted by molar-refractivity contribution is -0.132. The molecule has 0 bridgehead atoms. The minimum Gasteiger partial charge on any atom is -0.331 e. The molecule has 0 saturated carbocycles. The van der Waals surface area contributed by atoms with Crippen LogP contribution in [0, 0.1) is 13.8 Å². The van der Waals surface area contributed by atoms with Crippen molar-refractivity contribution >= 4 is 28.6 Å². The molecule has 0 unspecified atom stereocenters. The number of aromatic nitrogens is 2. The number of carbonyl (C=O) groups excluding carboxylic acids is 1. The van der Waals surface area contributed by atoms with Gasteiger partial charge in [-0.25, -0.2) is 9.97 Å². The first-order valence-corrected chi connectivity index (χ1v) is 11.1. The normalized spacial score (nSPS) is 24.5. The van der Waals surface area contributed by atoms with Crippen molar-refractivity contribution in [3.63, 3.8) is 0 Å². The summed E-state index contributed by atoms with van der Waals surface area (Å²) in [6, 6.07) is 0. The van der Waals surface area contributed by atoms with Crippen LogP contribution < -0.4 is 0 Å². The number of amides is 1. The molecule has 26 heavy (non-hydrogen) atoms. The van der Waals surface area contributed by atoms with Gasteiger partial charge in [0.05, 0.1) is 22.3 Å². The van der Waals surface area contributed by atoms with Gasteiger partial charge in [0.25, 0.3) is 0 Å². The molecule has 140 valence electrons. The zero-order valence-electron chi connectivity index (χ0n) is 15.5. The zero-order chi connectivity index (χ0) is 18.1. The number of aryl methyl sites for hydroxylation is 2. The molecule has 2 fully saturated rings. The smallest absolute Gasteiger partial charge is 0.223 e. The lowest BCUT2D eigenvalue weighted by Crippen LogP contribution is -2.46. The Balaban J connectivity index is 1.45. The fourth-order valence-electron chi connectivity index (χ4n) is 4.38. The van der Waals surface area contributed by atoms with Crippen molar-refractivity contribution < 1.29 is 4.79 Å². The molecule has 0 aliphatic carbocycles. The summed E-state index contributed by atoms with van der Waals surface area (Å²) in [4.78, 5) is 27.6. The molecule has 0 N–H and O–H groups in total. The maximum Gasteiger partial charge on any atom is 0.223 e. The molecule has 5 nitrogen and oxygen atoms in total. The summed E-state index contributed by atoms with van der Waals surface area (Å²) >= 11 is 3.46. The van der Waals surface area contributed by atoms with Crippen molar-refractivity contribution in [2.75, 3.05) is 13.1 Å². The largest absolute Gasteiger partial charge is 0.331 e. The van der Waals surface area contributed by atoms with Gasteiger partial charge in [-0.2, -0.15) is 0 Å². The first kappa shape index (κ1) is 18.1. The molecule has 4 rings (SSSR count). The fourth-order valence-corrected chi connectivity index (χ4v) is 5.83. The molecule has 1 atom stereocenters. The first-order valence-electron chi connectivity index (χ1n) is 9.39. The summed E-state index contributed by atoms with van der Waals surface area (Å²) in [7, 11) is 0. The van der Waals surface area contributed by atoms with Crippen LogP contribution in [0.15, 0.2) is 11.6 Å². The Kier molecular flexibility index (Phi) is 5.12. The van der Waals surface area contributed by atoms with Gasteiger partial charge in [0.1, 0.15) is 0 Å². The maximum absolute atomic E-state index is 12.6. The van der Waals surface area contributed by atoms with E-state index in [0.717, 1.165) is 61.0 Å². The Morgan fingerprint density at radius 1 is 1.15 bits per heavy atom. The van der Waals surface area contributed by atoms with Crippen LogP contribution in [0.5, 0.6) is 0 Å². The number of hydrogen-bond acceptors (Lipinski definition) is 6. The molecular weight excluding hydrogens is 364 g/mol. The van der Waals surface area contributed by atoms with Crippen LogP contribution in [0.4, 0.5) is 0 Å². The lowest BCUT2D eigenvalue weighted by Gasteiger charge is -2.38. The highest BCUT2D eigenvalue weighted by atomic mass is 32.1. The van der Waals surface area contributed by atoms with Crippen molar-refractivity contribution in [2.24, 2.45) is 0 Å². The molecule has 2 saturated heterocycles. The molecule has 1 amide bonds. The van der Waals surface area contributed by atoms with Gasteiger partial charge in [0.2, 0.25) is 5.91 Å². The standard InChI is InChI=1S/C19H26N4OS2/c1-14-20-10-17(26-14)12-22-8-3-5-19(7-9-22)6-4-18(24)23(19)11-16-13-25-15(2)21-16/h10,13H,3-9,11-12H2,1-2H3/t19-/m1/s1. The van der Waals surface area contributed by atoms with Gasteiger partial charge in [-0.05, 0) is 46.1 Å². The number of likely N-dealkylation sites (tertiary alicyclic amines) is 2. The lowest BCUT2D eigenvalue weighted by atomic mass is 9.87. The second-order valence-corrected chi connectivity index (χ2v) is 9.92. The quantitative estimate of drug-likeness (QED) is 0.797. The average Bonchev–Trinajstić information content (AvgIpc) is 3.24. The highest BCUT2D eigenvalue weighted by Gasteiger charge is 2.45. The molecule has 0 aromatic carbocycles. The van der Waals surface area contributed by atoms with Gasteiger partial charge < -0.3 is 4.90 Å². The molecule has 2 aliphatic heterocycles. The van der Waals surface area contributed by atoms with Crippen LogP contribution in [0.2, 0.25) is 0 Å². The summed E-state index contributed by atoms with van der Waals surface area (Å²) in [6.45, 7) is 7.92. The number of carbonyl (C=O) groups is 1. The Bertz CT molecular complexity index is 786. The van der Waals surface area contributed by atoms with E-state index < -0.39 is 0 Å². The van der Waals surface area contributed by atoms with Crippen LogP contribution >= 0.6 is 22.7 Å². The van der Waals surface area contributed by atoms with Crippen LogP contribution in [0.25, 0.3) is 0 Å². The van der Waals surface area contributed by atoms with Crippen LogP contribution in [-0.4, -0.2) is 44.3 Å². The molecule has 7 heteroatoms. The van der Waals surface area contributed by atoms with E-state index in [2.05, 4.69) is 32.1 Å². The molecular formula is C19H26N4OS2. The van der Waals surface area contributed by atoms with Crippen molar-refractivity contribution in [2.45, 2.75) is 64.6 Å². The topological polar surface area (TPSA) is 49.3 Å². The minimum atomic E-state index is 0.0347. The zero-order valence-corrected chi connectivity index (χ0v) is 17.2. The molecule has 0 radical (unpaired) electrons. The van der Waals surface area contributed by atoms with Crippen LogP contribution in [0.3, 0.4) is 0 Å². The van der Waals surface area contributed by atoms with Crippen LogP contribution in [0.1, 0.15) is 52.7 Å². The highest BCUT2D eigenvalue weighted by molar-refractivity contribution is 7.11. The van der Waals surface area contributed by atoms with Gasteiger partial charge in [-0.1, -0.05) is 0 Å². The Hall–Kier alpha value is -1.31. The van der Waals surface area contributed by atoms with Crippen molar-refractivity contribution in [1.29, 1.82) is 0 Å². The minimum absolute atomic E-state index is 0.0347. The first-order chi connectivity index (χ1) is 12.5. The fraction of sp³-hybridized carbons (Fsp3) is 0.632. The van der Waals surface area contributed by atoms with E-state index in [9.17, 15) is 4.79 Å². The molecule has 4 heterocycles. The van der Waals surface area contributed by atoms with E-state index in [1.807, 2.05) is 13.1 Å². The summed E-state index contributed by atoms with van der Waals surface area (Å²) < 4.78 is 0. The summed E-state index contributed by atoms with van der Waals surface area (Å²) in [5.41, 5.74) is 1.08. The average molecular weight is 391 g/mol. The number of rotatable bonds is 4. The summed E-state index contributed by atoms with van der Waals surface area (Å²) in [6.07, 6.45) is 7.04. The molecule has 2 aromatic rings. The van der Waals surface area contributed by atoms with Gasteiger partial charge in [-0.3, -0.25) is 9.69 Å². The SMILES string of the molecule is Cc1nc(CN2C(=O)CC[C@@]23CCCN(Cc2cnc(C)s2)CC3)cs1. The van der Waals surface area contributed by atoms with E-state index >= 15 is 0 Å². The van der Waals surface area contributed by atoms with Crippen molar-refractivity contribution in [3.05, 3.63) is 32.2 Å². The third kappa shape index (κ3) is 3.70. The molecule has 2 aliphatic rings. The second kappa shape index (κ2) is 7.37. The molecule has 2 aromatic heterocycles. The third-order valence-corrected chi connectivity index (χ3v) is 7.44.